The highest BCUT2D eigenvalue weighted by molar-refractivity contribution is 6.01. The van der Waals surface area contributed by atoms with Gasteiger partial charge in [0.2, 0.25) is 0 Å². The van der Waals surface area contributed by atoms with Crippen LogP contribution >= 0.6 is 0 Å². The van der Waals surface area contributed by atoms with Crippen LogP contribution in [-0.2, 0) is 19.1 Å². The summed E-state index contributed by atoms with van der Waals surface area (Å²) >= 11 is 0. The van der Waals surface area contributed by atoms with Crippen LogP contribution in [0.4, 0.5) is 0 Å². The number of benzene rings is 2. The minimum absolute atomic E-state index is 0.159. The first-order valence-corrected chi connectivity index (χ1v) is 11.5. The van der Waals surface area contributed by atoms with Crippen molar-refractivity contribution in [2.75, 3.05) is 20.3 Å². The predicted octanol–water partition coefficient (Wildman–Crippen LogP) is 3.71. The standard InChI is InChI=1S/C28H27NO7/c1-15-24(31)20-12-8-11-19(26(20)36-25(15)18-9-6-5-7-10-18)23-21(27(32)34-4)16(2)29-17(3)22(23)28(33)35-14-13-30/h5-12,23,29-30H,13-14H2,1-4H3. The van der Waals surface area contributed by atoms with Gasteiger partial charge in [0.25, 0.3) is 0 Å². The SMILES string of the molecule is COC(=O)C1=C(C)NC(C)=C(C(=O)OCCO)C1c1cccc2c(=O)c(C)c(-c3ccccc3)oc12. The monoisotopic (exact) mass is 489 g/mol. The van der Waals surface area contributed by atoms with E-state index in [0.29, 0.717) is 33.7 Å². The third-order valence-electron chi connectivity index (χ3n) is 6.23. The molecule has 0 spiro atoms. The first kappa shape index (κ1) is 24.9. The van der Waals surface area contributed by atoms with Crippen molar-refractivity contribution in [1.29, 1.82) is 0 Å². The molecule has 0 fully saturated rings. The van der Waals surface area contributed by atoms with Crippen LogP contribution in [0, 0.1) is 6.92 Å². The molecule has 2 N–H and O–H groups in total. The number of hydrogen-bond donors (Lipinski definition) is 2. The number of ether oxygens (including phenoxy) is 2. The third-order valence-corrected chi connectivity index (χ3v) is 6.23. The Labute approximate surface area is 207 Å². The predicted molar refractivity (Wildman–Crippen MR) is 134 cm³/mol. The van der Waals surface area contributed by atoms with Crippen molar-refractivity contribution in [1.82, 2.24) is 5.32 Å². The van der Waals surface area contributed by atoms with Crippen molar-refractivity contribution < 1.29 is 28.6 Å². The Morgan fingerprint density at radius 2 is 1.64 bits per heavy atom. The van der Waals surface area contributed by atoms with Crippen LogP contribution in [0.25, 0.3) is 22.3 Å². The maximum atomic E-state index is 13.4. The van der Waals surface area contributed by atoms with Gasteiger partial charge in [0.1, 0.15) is 18.0 Å². The lowest BCUT2D eigenvalue weighted by Crippen LogP contribution is -2.32. The van der Waals surface area contributed by atoms with Crippen molar-refractivity contribution in [2.45, 2.75) is 26.7 Å². The van der Waals surface area contributed by atoms with Gasteiger partial charge in [0.15, 0.2) is 5.43 Å². The van der Waals surface area contributed by atoms with Gasteiger partial charge in [0, 0.05) is 28.1 Å². The van der Waals surface area contributed by atoms with E-state index in [9.17, 15) is 19.5 Å². The summed E-state index contributed by atoms with van der Waals surface area (Å²) in [5.74, 6) is -1.88. The summed E-state index contributed by atoms with van der Waals surface area (Å²) in [5, 5.41) is 12.6. The number of para-hydroxylation sites is 1. The van der Waals surface area contributed by atoms with Gasteiger partial charge in [-0.05, 0) is 26.8 Å². The van der Waals surface area contributed by atoms with E-state index in [1.807, 2.05) is 30.3 Å². The van der Waals surface area contributed by atoms with Crippen molar-refractivity contribution >= 4 is 22.9 Å². The van der Waals surface area contributed by atoms with E-state index in [4.69, 9.17) is 13.9 Å². The fraction of sp³-hybridized carbons (Fsp3) is 0.250. The van der Waals surface area contributed by atoms with E-state index in [2.05, 4.69) is 5.32 Å². The van der Waals surface area contributed by atoms with Crippen LogP contribution in [0.15, 0.2) is 80.3 Å². The van der Waals surface area contributed by atoms with Crippen molar-refractivity contribution in [3.63, 3.8) is 0 Å². The number of aliphatic hydroxyl groups is 1. The Kier molecular flexibility index (Phi) is 7.07. The number of allylic oxidation sites excluding steroid dienone is 2. The Hall–Kier alpha value is -4.17. The molecule has 8 heteroatoms. The molecular formula is C28H27NO7. The number of rotatable bonds is 6. The average Bonchev–Trinajstić information content (AvgIpc) is 2.88. The number of carbonyl (C=O) groups is 2. The maximum Gasteiger partial charge on any atom is 0.336 e. The summed E-state index contributed by atoms with van der Waals surface area (Å²) in [4.78, 5) is 39.5. The Bertz CT molecular complexity index is 1460. The Morgan fingerprint density at radius 3 is 2.28 bits per heavy atom. The molecular weight excluding hydrogens is 462 g/mol. The molecule has 0 bridgehead atoms. The molecule has 3 aromatic rings. The number of hydrogen-bond acceptors (Lipinski definition) is 8. The lowest BCUT2D eigenvalue weighted by atomic mass is 9.79. The van der Waals surface area contributed by atoms with E-state index in [0.717, 1.165) is 5.56 Å². The molecule has 186 valence electrons. The van der Waals surface area contributed by atoms with Gasteiger partial charge in [-0.2, -0.15) is 0 Å². The molecule has 0 saturated carbocycles. The van der Waals surface area contributed by atoms with Crippen LogP contribution in [0.3, 0.4) is 0 Å². The van der Waals surface area contributed by atoms with Crippen LogP contribution in [0.5, 0.6) is 0 Å². The Morgan fingerprint density at radius 1 is 0.972 bits per heavy atom. The number of aliphatic hydroxyl groups excluding tert-OH is 1. The zero-order chi connectivity index (χ0) is 26.0. The van der Waals surface area contributed by atoms with Gasteiger partial charge < -0.3 is 24.3 Å². The molecule has 0 amide bonds. The quantitative estimate of drug-likeness (QED) is 0.504. The molecule has 1 atom stereocenters. The topological polar surface area (TPSA) is 115 Å². The smallest absolute Gasteiger partial charge is 0.336 e. The fourth-order valence-electron chi connectivity index (χ4n) is 4.60. The van der Waals surface area contributed by atoms with Crippen LogP contribution < -0.4 is 10.7 Å². The molecule has 36 heavy (non-hydrogen) atoms. The summed E-state index contributed by atoms with van der Waals surface area (Å²) in [6, 6.07) is 14.3. The lowest BCUT2D eigenvalue weighted by molar-refractivity contribution is -0.140. The van der Waals surface area contributed by atoms with Crippen molar-refractivity contribution in [3.05, 3.63) is 92.4 Å². The zero-order valence-corrected chi connectivity index (χ0v) is 20.5. The van der Waals surface area contributed by atoms with Crippen LogP contribution in [0.2, 0.25) is 0 Å². The first-order valence-electron chi connectivity index (χ1n) is 11.5. The fourth-order valence-corrected chi connectivity index (χ4v) is 4.60. The number of nitrogens with one attached hydrogen (secondary N) is 1. The highest BCUT2D eigenvalue weighted by Gasteiger charge is 2.39. The highest BCUT2D eigenvalue weighted by atomic mass is 16.5. The second-order valence-corrected chi connectivity index (χ2v) is 8.46. The van der Waals surface area contributed by atoms with E-state index < -0.39 is 17.9 Å². The van der Waals surface area contributed by atoms with E-state index in [1.165, 1.54) is 7.11 Å². The van der Waals surface area contributed by atoms with Gasteiger partial charge in [-0.1, -0.05) is 42.5 Å². The molecule has 1 aliphatic rings. The van der Waals surface area contributed by atoms with Crippen molar-refractivity contribution in [2.24, 2.45) is 0 Å². The number of dihydropyridines is 1. The third kappa shape index (κ3) is 4.31. The van der Waals surface area contributed by atoms with E-state index >= 15 is 0 Å². The molecule has 0 aliphatic carbocycles. The molecule has 0 radical (unpaired) electrons. The van der Waals surface area contributed by atoms with E-state index in [-0.39, 0.29) is 35.4 Å². The first-order chi connectivity index (χ1) is 17.3. The van der Waals surface area contributed by atoms with Crippen LogP contribution in [0.1, 0.15) is 30.9 Å². The number of methoxy groups -OCH3 is 1. The second kappa shape index (κ2) is 10.2. The van der Waals surface area contributed by atoms with E-state index in [1.54, 1.807) is 39.0 Å². The summed E-state index contributed by atoms with van der Waals surface area (Å²) < 4.78 is 16.7. The molecule has 4 rings (SSSR count). The second-order valence-electron chi connectivity index (χ2n) is 8.46. The number of esters is 2. The van der Waals surface area contributed by atoms with Crippen LogP contribution in [-0.4, -0.2) is 37.4 Å². The average molecular weight is 490 g/mol. The minimum Gasteiger partial charge on any atom is -0.466 e. The summed E-state index contributed by atoms with van der Waals surface area (Å²) in [6.07, 6.45) is 0. The molecule has 8 nitrogen and oxygen atoms in total. The van der Waals surface area contributed by atoms with Crippen molar-refractivity contribution in [3.8, 4) is 11.3 Å². The maximum absolute atomic E-state index is 13.4. The zero-order valence-electron chi connectivity index (χ0n) is 20.5. The normalized spacial score (nSPS) is 15.6. The molecule has 1 aromatic heterocycles. The summed E-state index contributed by atoms with van der Waals surface area (Å²) in [7, 11) is 1.26. The van der Waals surface area contributed by atoms with Gasteiger partial charge in [0.05, 0.1) is 36.2 Å². The van der Waals surface area contributed by atoms with Gasteiger partial charge in [-0.3, -0.25) is 4.79 Å². The molecule has 2 heterocycles. The summed E-state index contributed by atoms with van der Waals surface area (Å²) in [6.45, 7) is 4.55. The molecule has 1 aliphatic heterocycles. The minimum atomic E-state index is -0.942. The molecule has 1 unspecified atom stereocenters. The lowest BCUT2D eigenvalue weighted by Gasteiger charge is -2.30. The van der Waals surface area contributed by atoms with Gasteiger partial charge in [-0.25, -0.2) is 9.59 Å². The number of carbonyl (C=O) groups excluding carboxylic acids is 2. The largest absolute Gasteiger partial charge is 0.466 e. The molecule has 2 aromatic carbocycles. The highest BCUT2D eigenvalue weighted by Crippen LogP contribution is 2.42. The Balaban J connectivity index is 2.05. The van der Waals surface area contributed by atoms with Gasteiger partial charge >= 0.3 is 11.9 Å². The summed E-state index contributed by atoms with van der Waals surface area (Å²) in [5.41, 5.74) is 2.99. The number of fused-ring (bicyclic) bond motifs is 1. The van der Waals surface area contributed by atoms with Gasteiger partial charge in [-0.15, -0.1) is 0 Å². The molecule has 0 saturated heterocycles.